The molecule has 1 aliphatic rings. The van der Waals surface area contributed by atoms with E-state index in [-0.39, 0.29) is 24.0 Å². The van der Waals surface area contributed by atoms with Gasteiger partial charge in [0.2, 0.25) is 0 Å². The second-order valence-electron chi connectivity index (χ2n) is 7.75. The molecular weight excluding hydrogens is 449 g/mol. The highest BCUT2D eigenvalue weighted by atomic mass is 127. The summed E-state index contributed by atoms with van der Waals surface area (Å²) >= 11 is 0. The standard InChI is InChI=1S/C21H37N5.HI/c1-6-22-21(25(5)17-20-9-7-18(2)8-10-20)23-15-19(3)16-26-13-11-24(4)12-14-26;/h7-10,19H,6,11-17H2,1-5H3,(H,22,23);1H. The molecule has 1 fully saturated rings. The van der Waals surface area contributed by atoms with Crippen molar-refractivity contribution in [2.75, 3.05) is 59.9 Å². The number of aryl methyl sites for hydroxylation is 1. The van der Waals surface area contributed by atoms with Gasteiger partial charge in [-0.1, -0.05) is 36.8 Å². The van der Waals surface area contributed by atoms with Gasteiger partial charge in [0.05, 0.1) is 0 Å². The molecule has 0 amide bonds. The Morgan fingerprint density at radius 3 is 2.41 bits per heavy atom. The van der Waals surface area contributed by atoms with Crippen LogP contribution < -0.4 is 5.32 Å². The fourth-order valence-electron chi connectivity index (χ4n) is 3.28. The molecule has 1 unspecified atom stereocenters. The molecule has 1 aromatic carbocycles. The van der Waals surface area contributed by atoms with Crippen molar-refractivity contribution in [3.63, 3.8) is 0 Å². The highest BCUT2D eigenvalue weighted by Gasteiger charge is 2.16. The Morgan fingerprint density at radius 1 is 1.19 bits per heavy atom. The van der Waals surface area contributed by atoms with E-state index in [0.717, 1.165) is 32.1 Å². The normalized spacial score (nSPS) is 17.3. The highest BCUT2D eigenvalue weighted by Crippen LogP contribution is 2.08. The molecule has 0 saturated carbocycles. The maximum atomic E-state index is 4.90. The second kappa shape index (κ2) is 12.6. The molecule has 0 aliphatic carbocycles. The summed E-state index contributed by atoms with van der Waals surface area (Å²) in [6, 6.07) is 8.74. The van der Waals surface area contributed by atoms with Crippen LogP contribution in [0.4, 0.5) is 0 Å². The van der Waals surface area contributed by atoms with Crippen LogP contribution in [0.1, 0.15) is 25.0 Å². The molecule has 2 rings (SSSR count). The Balaban J connectivity index is 0.00000364. The summed E-state index contributed by atoms with van der Waals surface area (Å²) in [7, 11) is 4.32. The predicted octanol–water partition coefficient (Wildman–Crippen LogP) is 2.89. The summed E-state index contributed by atoms with van der Waals surface area (Å²) in [6.45, 7) is 15.1. The largest absolute Gasteiger partial charge is 0.357 e. The summed E-state index contributed by atoms with van der Waals surface area (Å²) in [4.78, 5) is 12.1. The van der Waals surface area contributed by atoms with Crippen LogP contribution in [0.5, 0.6) is 0 Å². The van der Waals surface area contributed by atoms with Gasteiger partial charge in [-0.2, -0.15) is 0 Å². The average molecular weight is 487 g/mol. The zero-order valence-electron chi connectivity index (χ0n) is 17.7. The number of benzene rings is 1. The van der Waals surface area contributed by atoms with Crippen LogP contribution in [0.15, 0.2) is 29.3 Å². The minimum atomic E-state index is 0. The van der Waals surface area contributed by atoms with E-state index in [4.69, 9.17) is 4.99 Å². The first kappa shape index (κ1) is 24.2. The van der Waals surface area contributed by atoms with Crippen LogP contribution >= 0.6 is 24.0 Å². The molecule has 1 saturated heterocycles. The molecule has 1 N–H and O–H groups in total. The third kappa shape index (κ3) is 8.79. The number of guanidine groups is 1. The van der Waals surface area contributed by atoms with Gasteiger partial charge in [0.15, 0.2) is 5.96 Å². The number of likely N-dealkylation sites (N-methyl/N-ethyl adjacent to an activating group) is 1. The molecule has 0 spiro atoms. The number of halogens is 1. The zero-order chi connectivity index (χ0) is 18.9. The third-order valence-corrected chi connectivity index (χ3v) is 4.96. The molecule has 6 heteroatoms. The smallest absolute Gasteiger partial charge is 0.193 e. The lowest BCUT2D eigenvalue weighted by molar-refractivity contribution is 0.140. The lowest BCUT2D eigenvalue weighted by Crippen LogP contribution is -2.46. The third-order valence-electron chi connectivity index (χ3n) is 4.96. The molecule has 1 aliphatic heterocycles. The van der Waals surface area contributed by atoms with Crippen molar-refractivity contribution in [3.8, 4) is 0 Å². The fraction of sp³-hybridized carbons (Fsp3) is 0.667. The first-order valence-corrected chi connectivity index (χ1v) is 9.93. The van der Waals surface area contributed by atoms with Gasteiger partial charge in [0, 0.05) is 59.4 Å². The maximum absolute atomic E-state index is 4.90. The number of nitrogens with one attached hydrogen (secondary N) is 1. The summed E-state index contributed by atoms with van der Waals surface area (Å²) in [5.74, 6) is 1.57. The van der Waals surface area contributed by atoms with Gasteiger partial charge in [-0.05, 0) is 32.4 Å². The number of nitrogens with zero attached hydrogens (tertiary/aromatic N) is 4. The lowest BCUT2D eigenvalue weighted by atomic mass is 10.1. The highest BCUT2D eigenvalue weighted by molar-refractivity contribution is 14.0. The number of hydrogen-bond acceptors (Lipinski definition) is 3. The van der Waals surface area contributed by atoms with Crippen LogP contribution in [0.2, 0.25) is 0 Å². The Hall–Kier alpha value is -0.860. The molecule has 0 bridgehead atoms. The number of rotatable bonds is 7. The van der Waals surface area contributed by atoms with E-state index in [9.17, 15) is 0 Å². The van der Waals surface area contributed by atoms with Gasteiger partial charge in [-0.3, -0.25) is 4.99 Å². The van der Waals surface area contributed by atoms with Crippen molar-refractivity contribution in [1.29, 1.82) is 0 Å². The minimum Gasteiger partial charge on any atom is -0.357 e. The van der Waals surface area contributed by atoms with Crippen molar-refractivity contribution in [3.05, 3.63) is 35.4 Å². The van der Waals surface area contributed by atoms with Crippen LogP contribution in [-0.2, 0) is 6.54 Å². The minimum absolute atomic E-state index is 0. The molecule has 1 heterocycles. The Morgan fingerprint density at radius 2 is 1.81 bits per heavy atom. The van der Waals surface area contributed by atoms with Crippen LogP contribution in [0.25, 0.3) is 0 Å². The number of aliphatic imine (C=N–C) groups is 1. The maximum Gasteiger partial charge on any atom is 0.193 e. The van der Waals surface area contributed by atoms with Crippen molar-refractivity contribution in [1.82, 2.24) is 20.0 Å². The second-order valence-corrected chi connectivity index (χ2v) is 7.75. The van der Waals surface area contributed by atoms with E-state index in [2.05, 4.69) is 79.1 Å². The van der Waals surface area contributed by atoms with Gasteiger partial charge >= 0.3 is 0 Å². The quantitative estimate of drug-likeness (QED) is 0.365. The fourth-order valence-corrected chi connectivity index (χ4v) is 3.28. The monoisotopic (exact) mass is 487 g/mol. The number of piperazine rings is 1. The van der Waals surface area contributed by atoms with Crippen LogP contribution in [-0.4, -0.2) is 80.6 Å². The Labute approximate surface area is 183 Å². The SMILES string of the molecule is CCNC(=NCC(C)CN1CCN(C)CC1)N(C)Cc1ccc(C)cc1.I. The van der Waals surface area contributed by atoms with E-state index in [0.29, 0.717) is 5.92 Å². The summed E-state index contributed by atoms with van der Waals surface area (Å²) < 4.78 is 0. The molecule has 1 aromatic rings. The van der Waals surface area contributed by atoms with Gasteiger partial charge < -0.3 is 20.0 Å². The predicted molar refractivity (Wildman–Crippen MR) is 127 cm³/mol. The van der Waals surface area contributed by atoms with Crippen LogP contribution in [0.3, 0.4) is 0 Å². The van der Waals surface area contributed by atoms with Crippen molar-refractivity contribution < 1.29 is 0 Å². The summed E-state index contributed by atoms with van der Waals surface area (Å²) in [5.41, 5.74) is 2.61. The first-order chi connectivity index (χ1) is 12.5. The molecule has 154 valence electrons. The molecule has 27 heavy (non-hydrogen) atoms. The van der Waals surface area contributed by atoms with E-state index in [1.165, 1.54) is 37.3 Å². The Bertz CT molecular complexity index is 552. The molecule has 1 atom stereocenters. The van der Waals surface area contributed by atoms with E-state index in [1.807, 2.05) is 0 Å². The van der Waals surface area contributed by atoms with Crippen molar-refractivity contribution >= 4 is 29.9 Å². The molecular formula is C21H38IN5. The Kier molecular flexibility index (Phi) is 11.3. The van der Waals surface area contributed by atoms with Gasteiger partial charge in [0.25, 0.3) is 0 Å². The van der Waals surface area contributed by atoms with Gasteiger partial charge in [-0.15, -0.1) is 24.0 Å². The summed E-state index contributed by atoms with van der Waals surface area (Å²) in [6.07, 6.45) is 0. The summed E-state index contributed by atoms with van der Waals surface area (Å²) in [5, 5.41) is 3.43. The molecule has 5 nitrogen and oxygen atoms in total. The van der Waals surface area contributed by atoms with Crippen molar-refractivity contribution in [2.45, 2.75) is 27.3 Å². The molecule has 0 radical (unpaired) electrons. The van der Waals surface area contributed by atoms with E-state index < -0.39 is 0 Å². The number of hydrogen-bond donors (Lipinski definition) is 1. The first-order valence-electron chi connectivity index (χ1n) is 9.93. The van der Waals surface area contributed by atoms with Gasteiger partial charge in [-0.25, -0.2) is 0 Å². The van der Waals surface area contributed by atoms with E-state index in [1.54, 1.807) is 0 Å². The van der Waals surface area contributed by atoms with E-state index >= 15 is 0 Å². The molecule has 0 aromatic heterocycles. The van der Waals surface area contributed by atoms with Crippen molar-refractivity contribution in [2.24, 2.45) is 10.9 Å². The topological polar surface area (TPSA) is 34.1 Å². The zero-order valence-corrected chi connectivity index (χ0v) is 20.1. The van der Waals surface area contributed by atoms with Gasteiger partial charge in [0.1, 0.15) is 0 Å². The average Bonchev–Trinajstić information content (AvgIpc) is 2.62. The lowest BCUT2D eigenvalue weighted by Gasteiger charge is -2.33. The van der Waals surface area contributed by atoms with Crippen LogP contribution in [0, 0.1) is 12.8 Å².